The first-order chi connectivity index (χ1) is 11.4. The fourth-order valence-electron chi connectivity index (χ4n) is 3.17. The van der Waals surface area contributed by atoms with E-state index in [2.05, 4.69) is 0 Å². The number of sulfone groups is 1. The zero-order chi connectivity index (χ0) is 17.3. The molecule has 0 spiro atoms. The summed E-state index contributed by atoms with van der Waals surface area (Å²) in [7, 11) is -3.52. The minimum atomic E-state index is -3.52. The summed E-state index contributed by atoms with van der Waals surface area (Å²) in [6.07, 6.45) is 0. The predicted octanol–water partition coefficient (Wildman–Crippen LogP) is 5.11. The molecule has 0 amide bonds. The minimum Gasteiger partial charge on any atom is -0.218 e. The molecule has 0 saturated heterocycles. The molecule has 0 heterocycles. The van der Waals surface area contributed by atoms with Crippen LogP contribution >= 0.6 is 0 Å². The van der Waals surface area contributed by atoms with Crippen molar-refractivity contribution < 1.29 is 8.42 Å². The van der Waals surface area contributed by atoms with E-state index in [4.69, 9.17) is 0 Å². The third-order valence-corrected chi connectivity index (χ3v) is 6.22. The van der Waals surface area contributed by atoms with Gasteiger partial charge in [-0.25, -0.2) is 8.42 Å². The second kappa shape index (κ2) is 6.25. The number of hydrogen-bond donors (Lipinski definition) is 0. The zero-order valence-corrected chi connectivity index (χ0v) is 14.9. The Balaban J connectivity index is 2.06. The van der Waals surface area contributed by atoms with Crippen LogP contribution < -0.4 is 0 Å². The third kappa shape index (κ3) is 3.00. The molecule has 0 unspecified atom stereocenters. The van der Waals surface area contributed by atoms with Gasteiger partial charge in [-0.1, -0.05) is 60.2 Å². The molecule has 0 N–H and O–H groups in total. The molecule has 2 nitrogen and oxygen atoms in total. The molecule has 0 aliphatic heterocycles. The summed E-state index contributed by atoms with van der Waals surface area (Å²) in [5.74, 6) is 0. The first-order valence-electron chi connectivity index (χ1n) is 7.88. The van der Waals surface area contributed by atoms with Gasteiger partial charge in [-0.2, -0.15) is 0 Å². The van der Waals surface area contributed by atoms with Crippen molar-refractivity contribution in [1.82, 2.24) is 0 Å². The average Bonchev–Trinajstić information content (AvgIpc) is 2.54. The SMILES string of the molecule is Cc1cc(C)c(S(=O)(=O)c2ccc(-c3ccccc3)cc2)c(C)c1. The van der Waals surface area contributed by atoms with Crippen LogP contribution in [0.2, 0.25) is 0 Å². The van der Waals surface area contributed by atoms with Gasteiger partial charge >= 0.3 is 0 Å². The van der Waals surface area contributed by atoms with Crippen molar-refractivity contribution in [3.63, 3.8) is 0 Å². The monoisotopic (exact) mass is 336 g/mol. The number of hydrogen-bond acceptors (Lipinski definition) is 2. The van der Waals surface area contributed by atoms with Gasteiger partial charge in [-0.05, 0) is 55.2 Å². The number of aryl methyl sites for hydroxylation is 3. The van der Waals surface area contributed by atoms with Gasteiger partial charge in [-0.3, -0.25) is 0 Å². The Morgan fingerprint density at radius 1 is 0.667 bits per heavy atom. The molecule has 0 aliphatic carbocycles. The first-order valence-corrected chi connectivity index (χ1v) is 9.36. The summed E-state index contributed by atoms with van der Waals surface area (Å²) in [4.78, 5) is 0.748. The quantitative estimate of drug-likeness (QED) is 0.666. The normalized spacial score (nSPS) is 11.5. The molecule has 0 saturated carbocycles. The van der Waals surface area contributed by atoms with Gasteiger partial charge in [0.15, 0.2) is 0 Å². The first kappa shape index (κ1) is 16.5. The van der Waals surface area contributed by atoms with Crippen molar-refractivity contribution in [2.45, 2.75) is 30.6 Å². The van der Waals surface area contributed by atoms with Crippen LogP contribution in [0.15, 0.2) is 76.5 Å². The molecular weight excluding hydrogens is 316 g/mol. The molecule has 3 aromatic rings. The Labute approximate surface area is 143 Å². The molecular formula is C21H20O2S. The maximum atomic E-state index is 13.0. The van der Waals surface area contributed by atoms with Gasteiger partial charge in [0.2, 0.25) is 9.84 Å². The van der Waals surface area contributed by atoms with E-state index in [0.717, 1.165) is 27.8 Å². The summed E-state index contributed by atoms with van der Waals surface area (Å²) < 4.78 is 26.1. The van der Waals surface area contributed by atoms with E-state index in [1.165, 1.54) is 0 Å². The number of benzene rings is 3. The van der Waals surface area contributed by atoms with E-state index >= 15 is 0 Å². The van der Waals surface area contributed by atoms with E-state index < -0.39 is 9.84 Å². The highest BCUT2D eigenvalue weighted by atomic mass is 32.2. The molecule has 3 rings (SSSR count). The average molecular weight is 336 g/mol. The topological polar surface area (TPSA) is 34.1 Å². The summed E-state index contributed by atoms with van der Waals surface area (Å²) in [5.41, 5.74) is 4.73. The summed E-state index contributed by atoms with van der Waals surface area (Å²) in [5, 5.41) is 0. The molecule has 0 atom stereocenters. The second-order valence-corrected chi connectivity index (χ2v) is 8.01. The standard InChI is InChI=1S/C21H20O2S/c1-15-13-16(2)21(17(3)14-15)24(22,23)20-11-9-19(10-12-20)18-7-5-4-6-8-18/h4-14H,1-3H3. The van der Waals surface area contributed by atoms with Gasteiger partial charge in [0.25, 0.3) is 0 Å². The molecule has 0 aliphatic rings. The molecule has 3 heteroatoms. The van der Waals surface area contributed by atoms with Crippen molar-refractivity contribution in [3.05, 3.63) is 83.4 Å². The van der Waals surface area contributed by atoms with E-state index in [1.807, 2.05) is 75.4 Å². The summed E-state index contributed by atoms with van der Waals surface area (Å²) in [6, 6.07) is 20.9. The molecule has 0 fully saturated rings. The van der Waals surface area contributed by atoms with Gasteiger partial charge in [0.1, 0.15) is 0 Å². The smallest absolute Gasteiger partial charge is 0.207 e. The molecule has 0 radical (unpaired) electrons. The maximum absolute atomic E-state index is 13.0. The van der Waals surface area contributed by atoms with Crippen molar-refractivity contribution >= 4 is 9.84 Å². The summed E-state index contributed by atoms with van der Waals surface area (Å²) >= 11 is 0. The Morgan fingerprint density at radius 2 is 1.17 bits per heavy atom. The lowest BCUT2D eigenvalue weighted by molar-refractivity contribution is 0.595. The minimum absolute atomic E-state index is 0.331. The van der Waals surface area contributed by atoms with Crippen LogP contribution in [-0.2, 0) is 9.84 Å². The van der Waals surface area contributed by atoms with Crippen LogP contribution in [0.5, 0.6) is 0 Å². The van der Waals surface area contributed by atoms with E-state index in [0.29, 0.717) is 9.79 Å². The Morgan fingerprint density at radius 3 is 1.71 bits per heavy atom. The molecule has 3 aromatic carbocycles. The highest BCUT2D eigenvalue weighted by molar-refractivity contribution is 7.91. The van der Waals surface area contributed by atoms with Crippen molar-refractivity contribution in [2.24, 2.45) is 0 Å². The highest BCUT2D eigenvalue weighted by Crippen LogP contribution is 2.29. The second-order valence-electron chi connectivity index (χ2n) is 6.12. The van der Waals surface area contributed by atoms with Crippen molar-refractivity contribution in [2.75, 3.05) is 0 Å². The van der Waals surface area contributed by atoms with E-state index in [1.54, 1.807) is 12.1 Å². The van der Waals surface area contributed by atoms with E-state index in [-0.39, 0.29) is 0 Å². The zero-order valence-electron chi connectivity index (χ0n) is 14.1. The van der Waals surface area contributed by atoms with Crippen LogP contribution in [-0.4, -0.2) is 8.42 Å². The molecule has 24 heavy (non-hydrogen) atoms. The highest BCUT2D eigenvalue weighted by Gasteiger charge is 2.22. The van der Waals surface area contributed by atoms with Crippen LogP contribution in [0.1, 0.15) is 16.7 Å². The number of rotatable bonds is 3. The Hall–Kier alpha value is -2.39. The van der Waals surface area contributed by atoms with Gasteiger partial charge in [-0.15, -0.1) is 0 Å². The fraction of sp³-hybridized carbons (Fsp3) is 0.143. The largest absolute Gasteiger partial charge is 0.218 e. The van der Waals surface area contributed by atoms with Crippen LogP contribution in [0.3, 0.4) is 0 Å². The molecule has 122 valence electrons. The van der Waals surface area contributed by atoms with Crippen molar-refractivity contribution in [3.8, 4) is 11.1 Å². The van der Waals surface area contributed by atoms with Crippen LogP contribution in [0.4, 0.5) is 0 Å². The maximum Gasteiger partial charge on any atom is 0.207 e. The van der Waals surface area contributed by atoms with Gasteiger partial charge in [0, 0.05) is 0 Å². The predicted molar refractivity (Wildman–Crippen MR) is 98.0 cm³/mol. The summed E-state index contributed by atoms with van der Waals surface area (Å²) in [6.45, 7) is 5.68. The third-order valence-electron chi connectivity index (χ3n) is 4.15. The lowest BCUT2D eigenvalue weighted by Crippen LogP contribution is -2.07. The molecule has 0 bridgehead atoms. The lowest BCUT2D eigenvalue weighted by atomic mass is 10.1. The van der Waals surface area contributed by atoms with Gasteiger partial charge < -0.3 is 0 Å². The lowest BCUT2D eigenvalue weighted by Gasteiger charge is -2.13. The van der Waals surface area contributed by atoms with E-state index in [9.17, 15) is 8.42 Å². The molecule has 0 aromatic heterocycles. The van der Waals surface area contributed by atoms with Gasteiger partial charge in [0.05, 0.1) is 9.79 Å². The van der Waals surface area contributed by atoms with Crippen LogP contribution in [0, 0.1) is 20.8 Å². The fourth-order valence-corrected chi connectivity index (χ4v) is 4.86. The Bertz CT molecular complexity index is 947. The van der Waals surface area contributed by atoms with Crippen molar-refractivity contribution in [1.29, 1.82) is 0 Å². The Kier molecular flexibility index (Phi) is 4.29. The van der Waals surface area contributed by atoms with Crippen LogP contribution in [0.25, 0.3) is 11.1 Å².